The van der Waals surface area contributed by atoms with E-state index in [9.17, 15) is 4.79 Å². The van der Waals surface area contributed by atoms with Crippen molar-refractivity contribution < 1.29 is 9.21 Å². The van der Waals surface area contributed by atoms with E-state index in [-0.39, 0.29) is 5.91 Å². The fourth-order valence-electron chi connectivity index (χ4n) is 1.47. The van der Waals surface area contributed by atoms with Crippen LogP contribution in [0.1, 0.15) is 16.1 Å². The predicted octanol–water partition coefficient (Wildman–Crippen LogP) is 2.91. The molecule has 88 valence electrons. The largest absolute Gasteiger partial charge is 0.459 e. The van der Waals surface area contributed by atoms with Crippen LogP contribution >= 0.6 is 11.6 Å². The fourth-order valence-corrected chi connectivity index (χ4v) is 1.59. The monoisotopic (exact) mass is 249 g/mol. The van der Waals surface area contributed by atoms with Crippen molar-refractivity contribution in [2.75, 3.05) is 6.54 Å². The molecule has 0 bridgehead atoms. The summed E-state index contributed by atoms with van der Waals surface area (Å²) in [6.45, 7) is 0.571. The summed E-state index contributed by atoms with van der Waals surface area (Å²) < 4.78 is 4.98. The van der Waals surface area contributed by atoms with E-state index in [1.807, 2.05) is 24.3 Å². The Labute approximate surface area is 104 Å². The van der Waals surface area contributed by atoms with Crippen LogP contribution in [-0.2, 0) is 6.42 Å². The van der Waals surface area contributed by atoms with E-state index in [1.54, 1.807) is 12.1 Å². The standard InChI is InChI=1S/C13H12ClNO2/c14-11-5-3-10(4-6-11)7-8-15-13(16)12-2-1-9-17-12/h1-6,9H,7-8H2,(H,15,16). The molecule has 0 aliphatic carbocycles. The van der Waals surface area contributed by atoms with Crippen LogP contribution < -0.4 is 5.32 Å². The zero-order valence-electron chi connectivity index (χ0n) is 9.15. The third kappa shape index (κ3) is 3.36. The minimum Gasteiger partial charge on any atom is -0.459 e. The van der Waals surface area contributed by atoms with Crippen LogP contribution in [0.4, 0.5) is 0 Å². The highest BCUT2D eigenvalue weighted by Gasteiger charge is 2.06. The van der Waals surface area contributed by atoms with Crippen molar-refractivity contribution in [3.8, 4) is 0 Å². The summed E-state index contributed by atoms with van der Waals surface area (Å²) in [5, 5.41) is 3.50. The van der Waals surface area contributed by atoms with Gasteiger partial charge in [-0.2, -0.15) is 0 Å². The van der Waals surface area contributed by atoms with Crippen molar-refractivity contribution in [3.63, 3.8) is 0 Å². The van der Waals surface area contributed by atoms with E-state index in [4.69, 9.17) is 16.0 Å². The molecule has 2 rings (SSSR count). The second-order valence-electron chi connectivity index (χ2n) is 3.61. The SMILES string of the molecule is O=C(NCCc1ccc(Cl)cc1)c1ccco1. The summed E-state index contributed by atoms with van der Waals surface area (Å²) in [6, 6.07) is 10.9. The molecule has 17 heavy (non-hydrogen) atoms. The molecule has 2 aromatic rings. The van der Waals surface area contributed by atoms with Gasteiger partial charge in [-0.25, -0.2) is 0 Å². The zero-order chi connectivity index (χ0) is 12.1. The fraction of sp³-hybridized carbons (Fsp3) is 0.154. The Bertz CT molecular complexity index is 477. The van der Waals surface area contributed by atoms with E-state index in [1.165, 1.54) is 6.26 Å². The normalized spacial score (nSPS) is 10.2. The molecule has 4 heteroatoms. The van der Waals surface area contributed by atoms with E-state index < -0.39 is 0 Å². The number of furan rings is 1. The lowest BCUT2D eigenvalue weighted by Gasteiger charge is -2.03. The van der Waals surface area contributed by atoms with Crippen molar-refractivity contribution in [2.45, 2.75) is 6.42 Å². The quantitative estimate of drug-likeness (QED) is 0.905. The Kier molecular flexibility index (Phi) is 3.83. The number of rotatable bonds is 4. The average Bonchev–Trinajstić information content (AvgIpc) is 2.85. The van der Waals surface area contributed by atoms with Gasteiger partial charge in [0, 0.05) is 11.6 Å². The second kappa shape index (κ2) is 5.55. The Morgan fingerprint density at radius 3 is 2.65 bits per heavy atom. The van der Waals surface area contributed by atoms with E-state index in [0.717, 1.165) is 12.0 Å². The summed E-state index contributed by atoms with van der Waals surface area (Å²) in [6.07, 6.45) is 2.25. The first kappa shape index (κ1) is 11.7. The lowest BCUT2D eigenvalue weighted by atomic mass is 10.1. The minimum absolute atomic E-state index is 0.191. The van der Waals surface area contributed by atoms with Gasteiger partial charge in [-0.3, -0.25) is 4.79 Å². The minimum atomic E-state index is -0.191. The maximum absolute atomic E-state index is 11.5. The molecule has 0 spiro atoms. The van der Waals surface area contributed by atoms with Gasteiger partial charge in [0.2, 0.25) is 0 Å². The molecule has 0 radical (unpaired) electrons. The highest BCUT2D eigenvalue weighted by molar-refractivity contribution is 6.30. The molecule has 0 saturated carbocycles. The number of amides is 1. The van der Waals surface area contributed by atoms with Gasteiger partial charge < -0.3 is 9.73 Å². The molecule has 1 aromatic carbocycles. The second-order valence-corrected chi connectivity index (χ2v) is 4.05. The third-order valence-electron chi connectivity index (χ3n) is 2.36. The summed E-state index contributed by atoms with van der Waals surface area (Å²) in [5.74, 6) is 0.144. The van der Waals surface area contributed by atoms with Crippen LogP contribution in [0.15, 0.2) is 47.1 Å². The Morgan fingerprint density at radius 1 is 1.24 bits per heavy atom. The molecule has 3 nitrogen and oxygen atoms in total. The first-order chi connectivity index (χ1) is 8.25. The molecule has 0 aliphatic rings. The van der Waals surface area contributed by atoms with Crippen LogP contribution in [0.5, 0.6) is 0 Å². The van der Waals surface area contributed by atoms with Crippen LogP contribution in [0.3, 0.4) is 0 Å². The number of benzene rings is 1. The lowest BCUT2D eigenvalue weighted by Crippen LogP contribution is -2.25. The Hall–Kier alpha value is -1.74. The summed E-state index contributed by atoms with van der Waals surface area (Å²) in [5.41, 5.74) is 1.13. The van der Waals surface area contributed by atoms with Gasteiger partial charge in [-0.1, -0.05) is 23.7 Å². The molecule has 1 amide bonds. The smallest absolute Gasteiger partial charge is 0.286 e. The predicted molar refractivity (Wildman–Crippen MR) is 66.2 cm³/mol. The topological polar surface area (TPSA) is 42.2 Å². The van der Waals surface area contributed by atoms with Crippen molar-refractivity contribution in [3.05, 3.63) is 59.0 Å². The molecule has 0 saturated heterocycles. The third-order valence-corrected chi connectivity index (χ3v) is 2.61. The summed E-state index contributed by atoms with van der Waals surface area (Å²) in [7, 11) is 0. The van der Waals surface area contributed by atoms with Gasteiger partial charge in [-0.15, -0.1) is 0 Å². The molecule has 1 heterocycles. The van der Waals surface area contributed by atoms with E-state index >= 15 is 0 Å². The zero-order valence-corrected chi connectivity index (χ0v) is 9.91. The van der Waals surface area contributed by atoms with Crippen LogP contribution in [0, 0.1) is 0 Å². The number of carbonyl (C=O) groups excluding carboxylic acids is 1. The number of hydrogen-bond donors (Lipinski definition) is 1. The van der Waals surface area contributed by atoms with Crippen LogP contribution in [0.2, 0.25) is 5.02 Å². The lowest BCUT2D eigenvalue weighted by molar-refractivity contribution is 0.0926. The van der Waals surface area contributed by atoms with Gasteiger partial charge in [0.15, 0.2) is 5.76 Å². The van der Waals surface area contributed by atoms with Crippen LogP contribution in [-0.4, -0.2) is 12.5 Å². The van der Waals surface area contributed by atoms with Gasteiger partial charge >= 0.3 is 0 Å². The number of carbonyl (C=O) groups is 1. The Morgan fingerprint density at radius 2 is 2.00 bits per heavy atom. The number of hydrogen-bond acceptors (Lipinski definition) is 2. The highest BCUT2D eigenvalue weighted by Crippen LogP contribution is 2.09. The molecular weight excluding hydrogens is 238 g/mol. The summed E-state index contributed by atoms with van der Waals surface area (Å²) in [4.78, 5) is 11.5. The Balaban J connectivity index is 1.80. The molecule has 0 unspecified atom stereocenters. The average molecular weight is 250 g/mol. The van der Waals surface area contributed by atoms with E-state index in [0.29, 0.717) is 17.3 Å². The van der Waals surface area contributed by atoms with Gasteiger partial charge in [0.1, 0.15) is 0 Å². The maximum Gasteiger partial charge on any atom is 0.286 e. The van der Waals surface area contributed by atoms with Gasteiger partial charge in [0.25, 0.3) is 5.91 Å². The maximum atomic E-state index is 11.5. The van der Waals surface area contributed by atoms with Gasteiger partial charge in [0.05, 0.1) is 6.26 Å². The van der Waals surface area contributed by atoms with Gasteiger partial charge in [-0.05, 0) is 36.2 Å². The molecule has 1 aromatic heterocycles. The first-order valence-electron chi connectivity index (χ1n) is 5.32. The van der Waals surface area contributed by atoms with Crippen molar-refractivity contribution >= 4 is 17.5 Å². The molecule has 0 fully saturated rings. The number of nitrogens with one attached hydrogen (secondary N) is 1. The van der Waals surface area contributed by atoms with Crippen molar-refractivity contribution in [2.24, 2.45) is 0 Å². The van der Waals surface area contributed by atoms with Crippen molar-refractivity contribution in [1.29, 1.82) is 0 Å². The first-order valence-corrected chi connectivity index (χ1v) is 5.69. The summed E-state index contributed by atoms with van der Waals surface area (Å²) >= 11 is 5.78. The number of halogens is 1. The molecule has 1 N–H and O–H groups in total. The molecular formula is C13H12ClNO2. The molecule has 0 atom stereocenters. The van der Waals surface area contributed by atoms with Crippen LogP contribution in [0.25, 0.3) is 0 Å². The van der Waals surface area contributed by atoms with E-state index in [2.05, 4.69) is 5.32 Å². The highest BCUT2D eigenvalue weighted by atomic mass is 35.5. The van der Waals surface area contributed by atoms with Crippen molar-refractivity contribution in [1.82, 2.24) is 5.32 Å². The molecule has 0 aliphatic heterocycles.